The molecule has 2 heterocycles. The molecule has 1 aliphatic heterocycles. The molecule has 2 rings (SSSR count). The lowest BCUT2D eigenvalue weighted by Crippen LogP contribution is -2.43. The number of aryl methyl sites for hydroxylation is 2. The van der Waals surface area contributed by atoms with E-state index in [1.807, 2.05) is 20.9 Å². The third kappa shape index (κ3) is 2.49. The van der Waals surface area contributed by atoms with Crippen LogP contribution < -0.4 is 10.6 Å². The van der Waals surface area contributed by atoms with Crippen LogP contribution in [0.1, 0.15) is 30.7 Å². The van der Waals surface area contributed by atoms with Gasteiger partial charge in [0.2, 0.25) is 5.91 Å². The molecule has 1 saturated heterocycles. The van der Waals surface area contributed by atoms with Gasteiger partial charge in [0, 0.05) is 7.05 Å². The predicted octanol–water partition coefficient (Wildman–Crippen LogP) is 1.12. The van der Waals surface area contributed by atoms with Gasteiger partial charge >= 0.3 is 0 Å². The van der Waals surface area contributed by atoms with E-state index in [-0.39, 0.29) is 11.9 Å². The van der Waals surface area contributed by atoms with Crippen LogP contribution in [-0.4, -0.2) is 28.3 Å². The molecule has 1 fully saturated rings. The van der Waals surface area contributed by atoms with E-state index in [1.165, 1.54) is 0 Å². The van der Waals surface area contributed by atoms with Gasteiger partial charge in [-0.25, -0.2) is 0 Å². The van der Waals surface area contributed by atoms with E-state index in [2.05, 4.69) is 15.7 Å². The van der Waals surface area contributed by atoms with Crippen molar-refractivity contribution in [2.45, 2.75) is 39.2 Å². The molecule has 0 aromatic carbocycles. The molecule has 94 valence electrons. The normalized spacial score (nSPS) is 20.3. The molecule has 0 saturated carbocycles. The highest BCUT2D eigenvalue weighted by Crippen LogP contribution is 2.19. The number of piperidine rings is 1. The molecule has 0 aliphatic carbocycles. The molecule has 1 aromatic rings. The summed E-state index contributed by atoms with van der Waals surface area (Å²) >= 11 is 0. The molecule has 5 heteroatoms. The number of hydrogen-bond acceptors (Lipinski definition) is 3. The summed E-state index contributed by atoms with van der Waals surface area (Å²) in [6.45, 7) is 4.81. The molecular weight excluding hydrogens is 216 g/mol. The van der Waals surface area contributed by atoms with Crippen molar-refractivity contribution in [3.05, 3.63) is 11.4 Å². The minimum Gasteiger partial charge on any atom is -0.322 e. The number of hydrogen-bond donors (Lipinski definition) is 2. The van der Waals surface area contributed by atoms with Crippen LogP contribution in [-0.2, 0) is 11.8 Å². The Morgan fingerprint density at radius 2 is 2.24 bits per heavy atom. The molecular formula is C12H20N4O. The number of aromatic nitrogens is 2. The van der Waals surface area contributed by atoms with Gasteiger partial charge in [0.25, 0.3) is 0 Å². The first-order chi connectivity index (χ1) is 8.09. The summed E-state index contributed by atoms with van der Waals surface area (Å²) < 4.78 is 1.79. The maximum atomic E-state index is 12.1. The summed E-state index contributed by atoms with van der Waals surface area (Å²) in [5.74, 6) is 0.0592. The fourth-order valence-electron chi connectivity index (χ4n) is 2.24. The lowest BCUT2D eigenvalue weighted by molar-refractivity contribution is -0.118. The fraction of sp³-hybridized carbons (Fsp3) is 0.667. The second kappa shape index (κ2) is 4.87. The molecule has 17 heavy (non-hydrogen) atoms. The maximum Gasteiger partial charge on any atom is 0.241 e. The van der Waals surface area contributed by atoms with E-state index in [0.717, 1.165) is 42.9 Å². The van der Waals surface area contributed by atoms with Crippen molar-refractivity contribution >= 4 is 11.6 Å². The van der Waals surface area contributed by atoms with Crippen molar-refractivity contribution in [2.75, 3.05) is 11.9 Å². The first-order valence-electron chi connectivity index (χ1n) is 6.14. The average molecular weight is 236 g/mol. The van der Waals surface area contributed by atoms with Gasteiger partial charge in [-0.3, -0.25) is 9.48 Å². The molecule has 2 N–H and O–H groups in total. The molecule has 1 atom stereocenters. The van der Waals surface area contributed by atoms with E-state index in [4.69, 9.17) is 0 Å². The van der Waals surface area contributed by atoms with Crippen LogP contribution in [0.2, 0.25) is 0 Å². The highest BCUT2D eigenvalue weighted by Gasteiger charge is 2.22. The molecule has 1 aromatic heterocycles. The molecule has 1 amide bonds. The fourth-order valence-corrected chi connectivity index (χ4v) is 2.24. The zero-order valence-electron chi connectivity index (χ0n) is 10.7. The van der Waals surface area contributed by atoms with Crippen molar-refractivity contribution in [1.29, 1.82) is 0 Å². The Morgan fingerprint density at radius 3 is 2.76 bits per heavy atom. The number of anilines is 1. The van der Waals surface area contributed by atoms with E-state index in [9.17, 15) is 4.79 Å². The molecule has 1 aliphatic rings. The summed E-state index contributed by atoms with van der Waals surface area (Å²) in [4.78, 5) is 12.1. The zero-order chi connectivity index (χ0) is 12.4. The summed E-state index contributed by atoms with van der Waals surface area (Å²) in [6, 6.07) is -0.0530. The van der Waals surface area contributed by atoms with Crippen LogP contribution >= 0.6 is 0 Å². The summed E-state index contributed by atoms with van der Waals surface area (Å²) in [7, 11) is 1.89. The molecule has 0 bridgehead atoms. The summed E-state index contributed by atoms with van der Waals surface area (Å²) in [6.07, 6.45) is 3.20. The second-order valence-corrected chi connectivity index (χ2v) is 4.66. The van der Waals surface area contributed by atoms with E-state index >= 15 is 0 Å². The Morgan fingerprint density at radius 1 is 1.47 bits per heavy atom. The first kappa shape index (κ1) is 12.1. The Bertz CT molecular complexity index is 418. The molecule has 5 nitrogen and oxygen atoms in total. The number of amides is 1. The maximum absolute atomic E-state index is 12.1. The minimum atomic E-state index is -0.0530. The van der Waals surface area contributed by atoms with Gasteiger partial charge in [-0.15, -0.1) is 0 Å². The zero-order valence-corrected chi connectivity index (χ0v) is 10.7. The van der Waals surface area contributed by atoms with Crippen molar-refractivity contribution in [2.24, 2.45) is 7.05 Å². The van der Waals surface area contributed by atoms with E-state index in [1.54, 1.807) is 4.68 Å². The van der Waals surface area contributed by atoms with E-state index in [0.29, 0.717) is 0 Å². The molecule has 0 radical (unpaired) electrons. The monoisotopic (exact) mass is 236 g/mol. The van der Waals surface area contributed by atoms with Crippen molar-refractivity contribution in [3.8, 4) is 0 Å². The van der Waals surface area contributed by atoms with Gasteiger partial charge in [-0.2, -0.15) is 5.10 Å². The SMILES string of the molecule is Cc1nn(C)c(C)c1NC(=O)C1CCCCN1. The van der Waals surface area contributed by atoms with Gasteiger partial charge in [-0.1, -0.05) is 6.42 Å². The standard InChI is InChI=1S/C12H20N4O/c1-8-11(9(2)16(3)15-8)14-12(17)10-6-4-5-7-13-10/h10,13H,4-7H2,1-3H3,(H,14,17). The molecule has 0 spiro atoms. The number of carbonyl (C=O) groups is 1. The Kier molecular flexibility index (Phi) is 3.47. The number of carbonyl (C=O) groups excluding carboxylic acids is 1. The number of rotatable bonds is 2. The quantitative estimate of drug-likeness (QED) is 0.809. The van der Waals surface area contributed by atoms with Crippen LogP contribution in [0.15, 0.2) is 0 Å². The molecule has 1 unspecified atom stereocenters. The van der Waals surface area contributed by atoms with Crippen LogP contribution in [0.5, 0.6) is 0 Å². The Balaban J connectivity index is 2.07. The number of nitrogens with zero attached hydrogens (tertiary/aromatic N) is 2. The lowest BCUT2D eigenvalue weighted by Gasteiger charge is -2.22. The predicted molar refractivity (Wildman–Crippen MR) is 67.0 cm³/mol. The first-order valence-corrected chi connectivity index (χ1v) is 6.14. The van der Waals surface area contributed by atoms with Gasteiger partial charge in [0.15, 0.2) is 0 Å². The minimum absolute atomic E-state index is 0.0530. The lowest BCUT2D eigenvalue weighted by atomic mass is 10.0. The third-order valence-electron chi connectivity index (χ3n) is 3.38. The van der Waals surface area contributed by atoms with Crippen LogP contribution in [0.3, 0.4) is 0 Å². The van der Waals surface area contributed by atoms with Crippen LogP contribution in [0.25, 0.3) is 0 Å². The average Bonchev–Trinajstić information content (AvgIpc) is 2.57. The van der Waals surface area contributed by atoms with Gasteiger partial charge in [0.1, 0.15) is 0 Å². The smallest absolute Gasteiger partial charge is 0.241 e. The van der Waals surface area contributed by atoms with Crippen LogP contribution in [0.4, 0.5) is 5.69 Å². The summed E-state index contributed by atoms with van der Waals surface area (Å²) in [5, 5.41) is 10.5. The van der Waals surface area contributed by atoms with Crippen LogP contribution in [0, 0.1) is 13.8 Å². The Labute approximate surface area is 102 Å². The largest absolute Gasteiger partial charge is 0.322 e. The van der Waals surface area contributed by atoms with Crippen molar-refractivity contribution < 1.29 is 4.79 Å². The van der Waals surface area contributed by atoms with E-state index < -0.39 is 0 Å². The Hall–Kier alpha value is -1.36. The second-order valence-electron chi connectivity index (χ2n) is 4.66. The summed E-state index contributed by atoms with van der Waals surface area (Å²) in [5.41, 5.74) is 2.71. The number of nitrogens with one attached hydrogen (secondary N) is 2. The topological polar surface area (TPSA) is 59.0 Å². The van der Waals surface area contributed by atoms with Crippen molar-refractivity contribution in [3.63, 3.8) is 0 Å². The van der Waals surface area contributed by atoms with Gasteiger partial charge in [-0.05, 0) is 33.2 Å². The highest BCUT2D eigenvalue weighted by molar-refractivity contribution is 5.95. The third-order valence-corrected chi connectivity index (χ3v) is 3.38. The van der Waals surface area contributed by atoms with Crippen molar-refractivity contribution in [1.82, 2.24) is 15.1 Å². The van der Waals surface area contributed by atoms with Gasteiger partial charge in [0.05, 0.1) is 23.1 Å². The highest BCUT2D eigenvalue weighted by atomic mass is 16.2. The van der Waals surface area contributed by atoms with Gasteiger partial charge < -0.3 is 10.6 Å².